The molecule has 7 nitrogen and oxygen atoms in total. The van der Waals surface area contributed by atoms with Gasteiger partial charge in [0.1, 0.15) is 5.82 Å². The summed E-state index contributed by atoms with van der Waals surface area (Å²) in [7, 11) is 1.84. The van der Waals surface area contributed by atoms with E-state index in [0.29, 0.717) is 18.6 Å². The molecule has 0 aliphatic carbocycles. The summed E-state index contributed by atoms with van der Waals surface area (Å²) in [4.78, 5) is 14.7. The predicted octanol–water partition coefficient (Wildman–Crippen LogP) is 1.15. The molecule has 7 heteroatoms. The van der Waals surface area contributed by atoms with Crippen LogP contribution in [0.25, 0.3) is 0 Å². The van der Waals surface area contributed by atoms with Crippen LogP contribution in [0.5, 0.6) is 0 Å². The van der Waals surface area contributed by atoms with Crippen LogP contribution in [0, 0.1) is 6.92 Å². The van der Waals surface area contributed by atoms with E-state index < -0.39 is 0 Å². The van der Waals surface area contributed by atoms with Gasteiger partial charge in [-0.05, 0) is 19.8 Å². The fourth-order valence-corrected chi connectivity index (χ4v) is 3.81. The molecule has 2 aromatic heterocycles. The summed E-state index contributed by atoms with van der Waals surface area (Å²) in [6, 6.07) is 2.65. The van der Waals surface area contributed by atoms with Gasteiger partial charge in [0.25, 0.3) is 0 Å². The Morgan fingerprint density at radius 3 is 3.14 bits per heavy atom. The minimum absolute atomic E-state index is 0.0202. The van der Waals surface area contributed by atoms with Gasteiger partial charge in [0, 0.05) is 42.9 Å². The van der Waals surface area contributed by atoms with Gasteiger partial charge in [0.15, 0.2) is 0 Å². The molecule has 22 heavy (non-hydrogen) atoms. The SMILES string of the molecule is Cc1cc(NC(=O)CN2C3CCC2c2cn[nH]c2C3)n(C)n1. The lowest BCUT2D eigenvalue weighted by Crippen LogP contribution is -2.42. The molecule has 4 heterocycles. The lowest BCUT2D eigenvalue weighted by atomic mass is 10.0. The third kappa shape index (κ3) is 2.12. The van der Waals surface area contributed by atoms with Crippen LogP contribution in [0.15, 0.2) is 12.3 Å². The lowest BCUT2D eigenvalue weighted by Gasteiger charge is -2.33. The molecule has 1 saturated heterocycles. The molecular formula is C15H20N6O. The number of hydrogen-bond acceptors (Lipinski definition) is 4. The Labute approximate surface area is 128 Å². The van der Waals surface area contributed by atoms with Gasteiger partial charge in [0.05, 0.1) is 18.4 Å². The van der Waals surface area contributed by atoms with Crippen molar-refractivity contribution in [3.63, 3.8) is 0 Å². The summed E-state index contributed by atoms with van der Waals surface area (Å²) >= 11 is 0. The monoisotopic (exact) mass is 300 g/mol. The summed E-state index contributed by atoms with van der Waals surface area (Å²) in [6.07, 6.45) is 5.13. The van der Waals surface area contributed by atoms with Crippen LogP contribution in [0.1, 0.15) is 35.8 Å². The predicted molar refractivity (Wildman–Crippen MR) is 81.3 cm³/mol. The van der Waals surface area contributed by atoms with Crippen molar-refractivity contribution in [2.45, 2.75) is 38.3 Å². The zero-order valence-electron chi connectivity index (χ0n) is 12.8. The molecule has 0 saturated carbocycles. The largest absolute Gasteiger partial charge is 0.310 e. The summed E-state index contributed by atoms with van der Waals surface area (Å²) in [6.45, 7) is 2.34. The fourth-order valence-electron chi connectivity index (χ4n) is 3.81. The van der Waals surface area contributed by atoms with Gasteiger partial charge in [0.2, 0.25) is 5.91 Å². The van der Waals surface area contributed by atoms with E-state index in [1.54, 1.807) is 4.68 Å². The van der Waals surface area contributed by atoms with Gasteiger partial charge < -0.3 is 5.32 Å². The van der Waals surface area contributed by atoms with Gasteiger partial charge >= 0.3 is 0 Å². The second-order valence-electron chi connectivity index (χ2n) is 6.27. The molecule has 1 fully saturated rings. The van der Waals surface area contributed by atoms with Crippen molar-refractivity contribution in [1.82, 2.24) is 24.9 Å². The summed E-state index contributed by atoms with van der Waals surface area (Å²) in [5, 5.41) is 14.5. The molecule has 2 unspecified atom stereocenters. The maximum atomic E-state index is 12.4. The van der Waals surface area contributed by atoms with E-state index in [-0.39, 0.29) is 5.91 Å². The molecule has 0 spiro atoms. The zero-order valence-corrected chi connectivity index (χ0v) is 12.8. The minimum atomic E-state index is 0.0202. The van der Waals surface area contributed by atoms with Crippen LogP contribution in [0.2, 0.25) is 0 Å². The number of nitrogens with one attached hydrogen (secondary N) is 2. The van der Waals surface area contributed by atoms with E-state index in [1.807, 2.05) is 26.2 Å². The van der Waals surface area contributed by atoms with Crippen molar-refractivity contribution in [2.24, 2.45) is 7.05 Å². The topological polar surface area (TPSA) is 78.8 Å². The van der Waals surface area contributed by atoms with E-state index in [4.69, 9.17) is 0 Å². The molecule has 2 bridgehead atoms. The first-order valence-electron chi connectivity index (χ1n) is 7.70. The highest BCUT2D eigenvalue weighted by Gasteiger charge is 2.41. The molecule has 0 radical (unpaired) electrons. The Kier molecular flexibility index (Phi) is 3.04. The van der Waals surface area contributed by atoms with E-state index in [2.05, 4.69) is 25.5 Å². The van der Waals surface area contributed by atoms with Gasteiger partial charge in [-0.25, -0.2) is 0 Å². The first-order chi connectivity index (χ1) is 10.6. The highest BCUT2D eigenvalue weighted by atomic mass is 16.2. The second-order valence-corrected chi connectivity index (χ2v) is 6.27. The number of carbonyl (C=O) groups is 1. The van der Waals surface area contributed by atoms with Crippen molar-refractivity contribution in [2.75, 3.05) is 11.9 Å². The molecule has 4 rings (SSSR count). The second kappa shape index (κ2) is 4.95. The molecule has 116 valence electrons. The Hall–Kier alpha value is -2.15. The maximum absolute atomic E-state index is 12.4. The average molecular weight is 300 g/mol. The van der Waals surface area contributed by atoms with Gasteiger partial charge in [-0.15, -0.1) is 0 Å². The Bertz CT molecular complexity index is 717. The van der Waals surface area contributed by atoms with Crippen LogP contribution in [0.3, 0.4) is 0 Å². The van der Waals surface area contributed by atoms with E-state index in [0.717, 1.165) is 30.8 Å². The van der Waals surface area contributed by atoms with Crippen molar-refractivity contribution >= 4 is 11.7 Å². The number of nitrogens with zero attached hydrogens (tertiary/aromatic N) is 4. The van der Waals surface area contributed by atoms with Crippen molar-refractivity contribution in [1.29, 1.82) is 0 Å². The third-order valence-electron chi connectivity index (χ3n) is 4.79. The summed E-state index contributed by atoms with van der Waals surface area (Å²) < 4.78 is 1.70. The summed E-state index contributed by atoms with van der Waals surface area (Å²) in [5.74, 6) is 0.766. The van der Waals surface area contributed by atoms with Gasteiger partial charge in [-0.1, -0.05) is 0 Å². The number of aromatic amines is 1. The van der Waals surface area contributed by atoms with Crippen LogP contribution < -0.4 is 5.32 Å². The number of aryl methyl sites for hydroxylation is 2. The van der Waals surface area contributed by atoms with Gasteiger partial charge in [-0.2, -0.15) is 10.2 Å². The third-order valence-corrected chi connectivity index (χ3v) is 4.79. The van der Waals surface area contributed by atoms with Crippen LogP contribution >= 0.6 is 0 Å². The fraction of sp³-hybridized carbons (Fsp3) is 0.533. The van der Waals surface area contributed by atoms with Crippen molar-refractivity contribution in [3.05, 3.63) is 29.2 Å². The number of rotatable bonds is 3. The van der Waals surface area contributed by atoms with Gasteiger partial charge in [-0.3, -0.25) is 19.5 Å². The van der Waals surface area contributed by atoms with Crippen molar-refractivity contribution in [3.8, 4) is 0 Å². The Balaban J connectivity index is 1.48. The van der Waals surface area contributed by atoms with Crippen LogP contribution in [0.4, 0.5) is 5.82 Å². The minimum Gasteiger partial charge on any atom is -0.310 e. The lowest BCUT2D eigenvalue weighted by molar-refractivity contribution is -0.118. The molecule has 1 amide bonds. The number of hydrogen-bond donors (Lipinski definition) is 2. The number of aromatic nitrogens is 4. The molecule has 2 aliphatic rings. The zero-order chi connectivity index (χ0) is 15.3. The number of anilines is 1. The highest BCUT2D eigenvalue weighted by Crippen LogP contribution is 2.42. The van der Waals surface area contributed by atoms with Crippen molar-refractivity contribution < 1.29 is 4.79 Å². The first-order valence-corrected chi connectivity index (χ1v) is 7.70. The molecular weight excluding hydrogens is 280 g/mol. The maximum Gasteiger partial charge on any atom is 0.239 e. The Morgan fingerprint density at radius 1 is 1.50 bits per heavy atom. The number of H-pyrrole nitrogens is 1. The number of amides is 1. The molecule has 0 aromatic carbocycles. The number of carbonyl (C=O) groups excluding carboxylic acids is 1. The highest BCUT2D eigenvalue weighted by molar-refractivity contribution is 5.91. The van der Waals surface area contributed by atoms with Crippen LogP contribution in [-0.4, -0.2) is 43.4 Å². The molecule has 2 aliphatic heterocycles. The number of fused-ring (bicyclic) bond motifs is 4. The Morgan fingerprint density at radius 2 is 2.36 bits per heavy atom. The summed E-state index contributed by atoms with van der Waals surface area (Å²) in [5.41, 5.74) is 3.41. The average Bonchev–Trinajstić information content (AvgIpc) is 3.11. The molecule has 2 N–H and O–H groups in total. The van der Waals surface area contributed by atoms with E-state index in [9.17, 15) is 4.79 Å². The smallest absolute Gasteiger partial charge is 0.239 e. The first kappa shape index (κ1) is 13.5. The van der Waals surface area contributed by atoms with Crippen LogP contribution in [-0.2, 0) is 18.3 Å². The molecule has 2 atom stereocenters. The quantitative estimate of drug-likeness (QED) is 0.891. The van der Waals surface area contributed by atoms with E-state index in [1.165, 1.54) is 11.3 Å². The standard InChI is InChI=1S/C15H20N6O/c1-9-5-14(20(2)19-9)17-15(22)8-21-10-3-4-13(21)11-7-16-18-12(11)6-10/h5,7,10,13H,3-4,6,8H2,1-2H3,(H,16,18)(H,17,22). The normalized spacial score (nSPS) is 23.5. The van der Waals surface area contributed by atoms with E-state index >= 15 is 0 Å². The molecule has 2 aromatic rings.